The predicted octanol–water partition coefficient (Wildman–Crippen LogP) is 2.08. The van der Waals surface area contributed by atoms with E-state index in [-0.39, 0.29) is 37.9 Å². The quantitative estimate of drug-likeness (QED) is 0.197. The number of allylic oxidation sites excluding steroid dienone is 1. The van der Waals surface area contributed by atoms with Crippen LogP contribution in [0.3, 0.4) is 0 Å². The second kappa shape index (κ2) is 19.0. The number of benzene rings is 2. The normalized spacial score (nSPS) is 24.0. The number of carbonyl (C=O) groups excluding carboxylic acids is 7. The number of nitrogens with zero attached hydrogens (tertiary/aromatic N) is 3. The van der Waals surface area contributed by atoms with Crippen molar-refractivity contribution in [1.82, 2.24) is 30.7 Å². The van der Waals surface area contributed by atoms with Crippen LogP contribution in [0.25, 0.3) is 0 Å². The molecular formula is C41H50F2N6O8. The maximum absolute atomic E-state index is 14.4. The zero-order valence-electron chi connectivity index (χ0n) is 32.6. The summed E-state index contributed by atoms with van der Waals surface area (Å²) in [5.74, 6) is -6.81. The van der Waals surface area contributed by atoms with E-state index in [1.165, 1.54) is 41.7 Å². The largest absolute Gasteiger partial charge is 0.461 e. The fourth-order valence-corrected chi connectivity index (χ4v) is 7.31. The highest BCUT2D eigenvalue weighted by Gasteiger charge is 2.43. The highest BCUT2D eigenvalue weighted by atomic mass is 19.1. The molecule has 0 bridgehead atoms. The maximum Gasteiger partial charge on any atom is 0.329 e. The third kappa shape index (κ3) is 10.4. The van der Waals surface area contributed by atoms with Crippen LogP contribution in [0.4, 0.5) is 8.78 Å². The molecule has 3 aliphatic heterocycles. The van der Waals surface area contributed by atoms with Gasteiger partial charge >= 0.3 is 5.97 Å². The lowest BCUT2D eigenvalue weighted by atomic mass is 9.93. The van der Waals surface area contributed by atoms with Gasteiger partial charge in [-0.15, -0.1) is 0 Å². The van der Waals surface area contributed by atoms with E-state index in [0.717, 1.165) is 36.1 Å². The number of ether oxygens (including phenoxy) is 1. The first-order chi connectivity index (χ1) is 27.2. The fraction of sp³-hybridized carbons (Fsp3) is 0.488. The smallest absolute Gasteiger partial charge is 0.329 e. The maximum atomic E-state index is 14.4. The van der Waals surface area contributed by atoms with Crippen molar-refractivity contribution >= 4 is 41.4 Å². The average molecular weight is 793 g/mol. The molecule has 0 spiro atoms. The van der Waals surface area contributed by atoms with Gasteiger partial charge in [-0.1, -0.05) is 50.1 Å². The number of hydrogen-bond donors (Lipinski definition) is 3. The Morgan fingerprint density at radius 3 is 2.37 bits per heavy atom. The molecular weight excluding hydrogens is 742 g/mol. The van der Waals surface area contributed by atoms with Crippen molar-refractivity contribution in [3.63, 3.8) is 0 Å². The van der Waals surface area contributed by atoms with Crippen molar-refractivity contribution in [2.24, 2.45) is 0 Å². The number of likely N-dealkylation sites (N-methyl/N-ethyl adjacent to an activating group) is 1. The molecule has 2 saturated heterocycles. The summed E-state index contributed by atoms with van der Waals surface area (Å²) in [6, 6.07) is 2.53. The predicted molar refractivity (Wildman–Crippen MR) is 203 cm³/mol. The van der Waals surface area contributed by atoms with E-state index in [0.29, 0.717) is 18.9 Å². The topological polar surface area (TPSA) is 175 Å². The van der Waals surface area contributed by atoms with Gasteiger partial charge in [-0.05, 0) is 68.0 Å². The third-order valence-corrected chi connectivity index (χ3v) is 10.7. The van der Waals surface area contributed by atoms with Gasteiger partial charge in [0.1, 0.15) is 54.5 Å². The molecule has 6 amide bonds. The first kappa shape index (κ1) is 42.5. The molecule has 2 fully saturated rings. The summed E-state index contributed by atoms with van der Waals surface area (Å²) < 4.78 is 34.2. The van der Waals surface area contributed by atoms with E-state index in [1.807, 2.05) is 19.1 Å². The van der Waals surface area contributed by atoms with Gasteiger partial charge in [0.05, 0.1) is 0 Å². The van der Waals surface area contributed by atoms with Crippen LogP contribution in [0.2, 0.25) is 0 Å². The van der Waals surface area contributed by atoms with E-state index in [9.17, 15) is 42.3 Å². The summed E-state index contributed by atoms with van der Waals surface area (Å²) in [4.78, 5) is 100. The Morgan fingerprint density at radius 2 is 1.67 bits per heavy atom. The molecule has 5 rings (SSSR count). The van der Waals surface area contributed by atoms with Crippen LogP contribution < -0.4 is 16.0 Å². The Morgan fingerprint density at radius 1 is 0.965 bits per heavy atom. The van der Waals surface area contributed by atoms with Crippen LogP contribution in [0.15, 0.2) is 54.6 Å². The number of hydrogen-bond acceptors (Lipinski definition) is 8. The monoisotopic (exact) mass is 792 g/mol. The number of nitrogens with one attached hydrogen (secondary N) is 3. The van der Waals surface area contributed by atoms with Crippen LogP contribution in [-0.4, -0.2) is 113 Å². The highest BCUT2D eigenvalue weighted by Crippen LogP contribution is 2.26. The van der Waals surface area contributed by atoms with E-state index in [4.69, 9.17) is 4.74 Å². The molecule has 14 nitrogen and oxygen atoms in total. The first-order valence-electron chi connectivity index (χ1n) is 19.3. The van der Waals surface area contributed by atoms with Gasteiger partial charge in [-0.2, -0.15) is 0 Å². The molecule has 0 radical (unpaired) electrons. The minimum Gasteiger partial charge on any atom is -0.461 e. The summed E-state index contributed by atoms with van der Waals surface area (Å²) in [5, 5.41) is 7.80. The van der Waals surface area contributed by atoms with Gasteiger partial charge in [-0.25, -0.2) is 13.6 Å². The molecule has 0 aromatic heterocycles. The summed E-state index contributed by atoms with van der Waals surface area (Å²) in [7, 11) is 1.42. The number of fused-ring (bicyclic) bond motifs is 3. The van der Waals surface area contributed by atoms with Crippen LogP contribution in [0.1, 0.15) is 69.6 Å². The molecule has 6 atom stereocenters. The van der Waals surface area contributed by atoms with Gasteiger partial charge in [0.25, 0.3) is 0 Å². The van der Waals surface area contributed by atoms with E-state index in [1.54, 1.807) is 18.2 Å². The van der Waals surface area contributed by atoms with E-state index in [2.05, 4.69) is 16.0 Å². The molecule has 57 heavy (non-hydrogen) atoms. The van der Waals surface area contributed by atoms with Gasteiger partial charge in [0, 0.05) is 39.0 Å². The van der Waals surface area contributed by atoms with Crippen molar-refractivity contribution in [2.75, 3.05) is 20.2 Å². The van der Waals surface area contributed by atoms with Crippen LogP contribution in [-0.2, 0) is 57.7 Å². The number of halogens is 2. The molecule has 0 saturated carbocycles. The summed E-state index contributed by atoms with van der Waals surface area (Å²) >= 11 is 0. The third-order valence-electron chi connectivity index (χ3n) is 10.7. The molecule has 306 valence electrons. The van der Waals surface area contributed by atoms with E-state index < -0.39 is 95.9 Å². The number of amides is 6. The van der Waals surface area contributed by atoms with Crippen molar-refractivity contribution in [3.8, 4) is 0 Å². The molecule has 0 unspecified atom stereocenters. The molecule has 2 aromatic rings. The van der Waals surface area contributed by atoms with Gasteiger partial charge in [-0.3, -0.25) is 28.8 Å². The van der Waals surface area contributed by atoms with Crippen LogP contribution >= 0.6 is 0 Å². The Bertz CT molecular complexity index is 1890. The van der Waals surface area contributed by atoms with Crippen LogP contribution in [0, 0.1) is 11.6 Å². The fourth-order valence-electron chi connectivity index (χ4n) is 7.31. The molecule has 16 heteroatoms. The van der Waals surface area contributed by atoms with Gasteiger partial charge in [0.2, 0.25) is 35.4 Å². The lowest BCUT2D eigenvalue weighted by Gasteiger charge is -2.38. The molecule has 3 N–H and O–H groups in total. The molecule has 3 aliphatic rings. The molecule has 3 heterocycles. The summed E-state index contributed by atoms with van der Waals surface area (Å²) in [5.41, 5.74) is 1.62. The lowest BCUT2D eigenvalue weighted by Crippen LogP contribution is -2.61. The molecule has 0 aliphatic carbocycles. The first-order valence-corrected chi connectivity index (χ1v) is 19.3. The number of carbonyl (C=O) groups is 7. The SMILES string of the molecule is CCCC/C=C/C(=O)N[C@@H](Cc1cc(F)cc(F)c1)C(=O)N[C@H]1COC(=O)[C@@H]2Cc3ccccc3CN2C(=O)[C@H](C)NC(=O)[C@H](C)N(C)C(=O)[C@@H]2CCCN2C1=O. The highest BCUT2D eigenvalue weighted by molar-refractivity contribution is 5.98. The summed E-state index contributed by atoms with van der Waals surface area (Å²) in [6.45, 7) is 4.37. The van der Waals surface area contributed by atoms with Crippen molar-refractivity contribution in [2.45, 2.75) is 109 Å². The zero-order valence-corrected chi connectivity index (χ0v) is 32.6. The number of cyclic esters (lactones) is 1. The Kier molecular flexibility index (Phi) is 14.1. The van der Waals surface area contributed by atoms with Crippen LogP contribution in [0.5, 0.6) is 0 Å². The lowest BCUT2D eigenvalue weighted by molar-refractivity contribution is -0.160. The average Bonchev–Trinajstić information content (AvgIpc) is 3.68. The Hall–Kier alpha value is -5.67. The van der Waals surface area contributed by atoms with Crippen molar-refractivity contribution in [1.29, 1.82) is 0 Å². The van der Waals surface area contributed by atoms with Crippen molar-refractivity contribution < 1.29 is 47.1 Å². The minimum absolute atomic E-state index is 0.0203. The van der Waals surface area contributed by atoms with Gasteiger partial charge in [0.15, 0.2) is 0 Å². The Labute approximate surface area is 330 Å². The second-order valence-corrected chi connectivity index (χ2v) is 14.8. The zero-order chi connectivity index (χ0) is 41.4. The van der Waals surface area contributed by atoms with E-state index >= 15 is 0 Å². The molecule has 2 aromatic carbocycles. The van der Waals surface area contributed by atoms with Crippen molar-refractivity contribution in [3.05, 3.63) is 82.9 Å². The minimum atomic E-state index is -1.60. The summed E-state index contributed by atoms with van der Waals surface area (Å²) in [6.07, 6.45) is 5.52. The number of rotatable bonds is 9. The number of unbranched alkanes of at least 4 members (excludes halogenated alkanes) is 2. The number of esters is 1. The van der Waals surface area contributed by atoms with Gasteiger partial charge < -0.3 is 35.4 Å². The Balaban J connectivity index is 1.49. The standard InChI is InChI=1S/C41H50F2N6O8/c1-5-6-7-8-15-35(50)45-31(19-26-17-29(42)21-30(43)18-26)37(52)46-32-23-57-41(56)34-20-27-12-9-10-13-28(27)22-49(34)38(53)24(2)44-36(51)25(3)47(4)40(55)33-14-11-16-48(33)39(32)54/h8-10,12-13,15,17-18,21,24-25,31-34H,5-7,11,14,16,19-20,22-23H2,1-4H3,(H,44,51)(H,45,50)(H,46,52)/b15-8+/t24-,25-,31-,32-,33-,34-/m0/s1. The second-order valence-electron chi connectivity index (χ2n) is 14.8.